The molecule has 3 nitrogen and oxygen atoms in total. The van der Waals surface area contributed by atoms with Gasteiger partial charge >= 0.3 is 0 Å². The summed E-state index contributed by atoms with van der Waals surface area (Å²) in [6.07, 6.45) is 2.89. The average molecular weight is 318 g/mol. The van der Waals surface area contributed by atoms with E-state index in [1.165, 1.54) is 26.5 Å². The molecule has 23 heavy (non-hydrogen) atoms. The molecule has 0 aromatic heterocycles. The standard InChI is InChI=1S/C17H13F3N2O/c1-10-13(9-14(18)16(20)15(10)19)17(21-7-8-22-17)11-3-5-12(23-2)6-4-11/h3-9H,1-2H3. The van der Waals surface area contributed by atoms with Gasteiger partial charge in [0.15, 0.2) is 17.5 Å². The van der Waals surface area contributed by atoms with E-state index in [-0.39, 0.29) is 11.1 Å². The molecule has 0 N–H and O–H groups in total. The highest BCUT2D eigenvalue weighted by Crippen LogP contribution is 2.40. The van der Waals surface area contributed by atoms with Gasteiger partial charge in [0.05, 0.1) is 7.11 Å². The van der Waals surface area contributed by atoms with E-state index in [1.807, 2.05) is 0 Å². The van der Waals surface area contributed by atoms with Crippen LogP contribution in [0, 0.1) is 24.4 Å². The van der Waals surface area contributed by atoms with Crippen LogP contribution < -0.4 is 4.74 Å². The number of halogens is 3. The van der Waals surface area contributed by atoms with Crippen LogP contribution in [0.4, 0.5) is 13.2 Å². The van der Waals surface area contributed by atoms with Crippen molar-refractivity contribution in [3.63, 3.8) is 0 Å². The molecule has 1 aliphatic heterocycles. The van der Waals surface area contributed by atoms with Gasteiger partial charge in [0.1, 0.15) is 5.75 Å². The first kappa shape index (κ1) is 15.3. The minimum Gasteiger partial charge on any atom is -0.497 e. The van der Waals surface area contributed by atoms with Crippen molar-refractivity contribution in [1.82, 2.24) is 0 Å². The third-order valence-electron chi connectivity index (χ3n) is 3.86. The van der Waals surface area contributed by atoms with Gasteiger partial charge in [0.25, 0.3) is 0 Å². The van der Waals surface area contributed by atoms with Crippen molar-refractivity contribution in [3.8, 4) is 5.75 Å². The first-order valence-electron chi connectivity index (χ1n) is 6.87. The molecule has 0 saturated heterocycles. The summed E-state index contributed by atoms with van der Waals surface area (Å²) >= 11 is 0. The Morgan fingerprint density at radius 3 is 2.13 bits per heavy atom. The summed E-state index contributed by atoms with van der Waals surface area (Å²) in [5.41, 5.74) is -0.608. The minimum absolute atomic E-state index is 0.0316. The van der Waals surface area contributed by atoms with Gasteiger partial charge in [-0.3, -0.25) is 9.98 Å². The number of hydrogen-bond donors (Lipinski definition) is 0. The summed E-state index contributed by atoms with van der Waals surface area (Å²) in [5, 5.41) is 0. The van der Waals surface area contributed by atoms with Crippen molar-refractivity contribution in [2.24, 2.45) is 9.98 Å². The molecule has 0 fully saturated rings. The molecule has 2 aromatic rings. The zero-order valence-electron chi connectivity index (χ0n) is 12.5. The lowest BCUT2D eigenvalue weighted by Crippen LogP contribution is -2.23. The Morgan fingerprint density at radius 1 is 0.957 bits per heavy atom. The largest absolute Gasteiger partial charge is 0.497 e. The van der Waals surface area contributed by atoms with Crippen molar-refractivity contribution in [3.05, 3.63) is 64.5 Å². The van der Waals surface area contributed by atoms with Crippen molar-refractivity contribution in [2.45, 2.75) is 12.6 Å². The molecule has 0 radical (unpaired) electrons. The Kier molecular flexibility index (Phi) is 3.67. The summed E-state index contributed by atoms with van der Waals surface area (Å²) < 4.78 is 46.3. The first-order chi connectivity index (χ1) is 11.0. The maximum atomic E-state index is 14.0. The van der Waals surface area contributed by atoms with Crippen LogP contribution >= 0.6 is 0 Å². The van der Waals surface area contributed by atoms with Crippen LogP contribution in [0.5, 0.6) is 5.75 Å². The lowest BCUT2D eigenvalue weighted by molar-refractivity contribution is 0.414. The fraction of sp³-hybridized carbons (Fsp3) is 0.176. The second kappa shape index (κ2) is 5.53. The predicted octanol–water partition coefficient (Wildman–Crippen LogP) is 3.78. The van der Waals surface area contributed by atoms with Crippen LogP contribution in [0.1, 0.15) is 16.7 Å². The molecule has 1 heterocycles. The van der Waals surface area contributed by atoms with Crippen molar-refractivity contribution >= 4 is 12.4 Å². The number of methoxy groups -OCH3 is 1. The van der Waals surface area contributed by atoms with Gasteiger partial charge in [-0.05, 0) is 30.7 Å². The number of rotatable bonds is 3. The van der Waals surface area contributed by atoms with Gasteiger partial charge < -0.3 is 4.74 Å². The minimum atomic E-state index is -1.50. The van der Waals surface area contributed by atoms with E-state index in [1.54, 1.807) is 24.3 Å². The first-order valence-corrected chi connectivity index (χ1v) is 6.87. The van der Waals surface area contributed by atoms with Crippen molar-refractivity contribution < 1.29 is 17.9 Å². The van der Waals surface area contributed by atoms with Gasteiger partial charge in [0, 0.05) is 23.6 Å². The second-order valence-electron chi connectivity index (χ2n) is 5.12. The Labute approximate surface area is 131 Å². The Morgan fingerprint density at radius 2 is 1.57 bits per heavy atom. The number of hydrogen-bond acceptors (Lipinski definition) is 3. The van der Waals surface area contributed by atoms with Crippen molar-refractivity contribution in [1.29, 1.82) is 0 Å². The number of benzene rings is 2. The highest BCUT2D eigenvalue weighted by atomic mass is 19.2. The summed E-state index contributed by atoms with van der Waals surface area (Å²) in [7, 11) is 1.53. The van der Waals surface area contributed by atoms with Crippen LogP contribution in [0.15, 0.2) is 40.3 Å². The van der Waals surface area contributed by atoms with Crippen LogP contribution in [-0.4, -0.2) is 19.5 Å². The van der Waals surface area contributed by atoms with Gasteiger partial charge in [-0.15, -0.1) is 0 Å². The van der Waals surface area contributed by atoms with Crippen LogP contribution in [0.3, 0.4) is 0 Å². The molecule has 0 aliphatic carbocycles. The van der Waals surface area contributed by atoms with Crippen LogP contribution in [-0.2, 0) is 5.66 Å². The lowest BCUT2D eigenvalue weighted by Gasteiger charge is -2.26. The lowest BCUT2D eigenvalue weighted by atomic mass is 9.89. The molecule has 0 saturated carbocycles. The molecule has 0 atom stereocenters. The summed E-state index contributed by atoms with van der Waals surface area (Å²) in [6.45, 7) is 1.38. The zero-order chi connectivity index (χ0) is 16.6. The van der Waals surface area contributed by atoms with Gasteiger partial charge in [-0.2, -0.15) is 0 Å². The third-order valence-corrected chi connectivity index (χ3v) is 3.86. The summed E-state index contributed by atoms with van der Waals surface area (Å²) in [4.78, 5) is 8.58. The molecule has 3 rings (SSSR count). The normalized spacial score (nSPS) is 15.2. The quantitative estimate of drug-likeness (QED) is 0.793. The van der Waals surface area contributed by atoms with E-state index in [9.17, 15) is 13.2 Å². The molecule has 1 aliphatic rings. The van der Waals surface area contributed by atoms with Gasteiger partial charge in [-0.25, -0.2) is 13.2 Å². The molecule has 6 heteroatoms. The van der Waals surface area contributed by atoms with Crippen LogP contribution in [0.25, 0.3) is 0 Å². The Bertz CT molecular complexity index is 802. The zero-order valence-corrected chi connectivity index (χ0v) is 12.5. The Hall–Kier alpha value is -2.63. The van der Waals surface area contributed by atoms with E-state index in [2.05, 4.69) is 9.98 Å². The summed E-state index contributed by atoms with van der Waals surface area (Å²) in [5.74, 6) is -3.37. The summed E-state index contributed by atoms with van der Waals surface area (Å²) in [6, 6.07) is 7.75. The fourth-order valence-corrected chi connectivity index (χ4v) is 2.63. The monoisotopic (exact) mass is 318 g/mol. The third kappa shape index (κ3) is 2.30. The van der Waals surface area contributed by atoms with E-state index in [4.69, 9.17) is 4.74 Å². The van der Waals surface area contributed by atoms with Gasteiger partial charge in [-0.1, -0.05) is 12.1 Å². The number of nitrogens with zero attached hydrogens (tertiary/aromatic N) is 2. The maximum Gasteiger partial charge on any atom is 0.201 e. The molecule has 118 valence electrons. The maximum absolute atomic E-state index is 14.0. The molecule has 2 aromatic carbocycles. The molecule has 0 unspecified atom stereocenters. The van der Waals surface area contributed by atoms with Crippen LogP contribution in [0.2, 0.25) is 0 Å². The topological polar surface area (TPSA) is 34.0 Å². The van der Waals surface area contributed by atoms with E-state index >= 15 is 0 Å². The van der Waals surface area contributed by atoms with E-state index < -0.39 is 23.1 Å². The van der Waals surface area contributed by atoms with Gasteiger partial charge in [0.2, 0.25) is 5.66 Å². The molecule has 0 amide bonds. The molecular formula is C17H13F3N2O. The molecule has 0 bridgehead atoms. The number of aliphatic imine (C=N–C) groups is 2. The van der Waals surface area contributed by atoms with E-state index in [0.29, 0.717) is 11.3 Å². The smallest absolute Gasteiger partial charge is 0.201 e. The number of ether oxygens (including phenoxy) is 1. The second-order valence-corrected chi connectivity index (χ2v) is 5.12. The fourth-order valence-electron chi connectivity index (χ4n) is 2.63. The molecule has 0 spiro atoms. The highest BCUT2D eigenvalue weighted by molar-refractivity contribution is 6.18. The average Bonchev–Trinajstić information content (AvgIpc) is 3.07. The molecular weight excluding hydrogens is 305 g/mol. The SMILES string of the molecule is COc1ccc(C2(c3cc(F)c(F)c(F)c3C)N=CC=N2)cc1. The van der Waals surface area contributed by atoms with E-state index in [0.717, 1.165) is 6.07 Å². The highest BCUT2D eigenvalue weighted by Gasteiger charge is 2.38. The Balaban J connectivity index is 2.24. The van der Waals surface area contributed by atoms with Crippen molar-refractivity contribution in [2.75, 3.05) is 7.11 Å². The predicted molar refractivity (Wildman–Crippen MR) is 81.8 cm³/mol.